The number of anilines is 2. The molecular weight excluding hydrogens is 408 g/mol. The maximum Gasteiger partial charge on any atom is 0.227 e. The van der Waals surface area contributed by atoms with E-state index >= 15 is 0 Å². The van der Waals surface area contributed by atoms with Crippen LogP contribution in [-0.2, 0) is 9.84 Å². The lowest BCUT2D eigenvalue weighted by Gasteiger charge is -2.22. The van der Waals surface area contributed by atoms with Crippen LogP contribution in [0.5, 0.6) is 0 Å². The summed E-state index contributed by atoms with van der Waals surface area (Å²) in [4.78, 5) is 9.06. The molecule has 31 heavy (non-hydrogen) atoms. The van der Waals surface area contributed by atoms with Gasteiger partial charge in [-0.15, -0.1) is 0 Å². The van der Waals surface area contributed by atoms with Crippen molar-refractivity contribution in [2.75, 3.05) is 18.4 Å². The maximum absolute atomic E-state index is 12.8. The average molecular weight is 435 g/mol. The zero-order chi connectivity index (χ0) is 21.7. The van der Waals surface area contributed by atoms with Gasteiger partial charge in [-0.05, 0) is 62.7 Å². The molecule has 2 heterocycles. The van der Waals surface area contributed by atoms with Gasteiger partial charge in [0.05, 0.1) is 10.1 Å². The maximum atomic E-state index is 12.8. The molecular formula is C24H26N4O2S. The summed E-state index contributed by atoms with van der Waals surface area (Å²) in [6.45, 7) is 3.56. The van der Waals surface area contributed by atoms with Crippen molar-refractivity contribution in [3.63, 3.8) is 0 Å². The Kier molecular flexibility index (Phi) is 6.44. The average Bonchev–Trinajstić information content (AvgIpc) is 2.80. The molecule has 160 valence electrons. The van der Waals surface area contributed by atoms with E-state index in [9.17, 15) is 8.42 Å². The Labute approximate surface area is 183 Å². The molecule has 1 aliphatic rings. The van der Waals surface area contributed by atoms with E-state index in [-0.39, 0.29) is 5.25 Å². The van der Waals surface area contributed by atoms with E-state index in [1.165, 1.54) is 5.56 Å². The lowest BCUT2D eigenvalue weighted by molar-refractivity contribution is 0.496. The number of hydrogen-bond acceptors (Lipinski definition) is 6. The molecule has 2 N–H and O–H groups in total. The molecule has 1 saturated heterocycles. The van der Waals surface area contributed by atoms with Gasteiger partial charge in [0.1, 0.15) is 0 Å². The van der Waals surface area contributed by atoms with Gasteiger partial charge in [0.15, 0.2) is 9.84 Å². The van der Waals surface area contributed by atoms with E-state index in [0.717, 1.165) is 29.9 Å². The first-order chi connectivity index (χ1) is 15.0. The van der Waals surface area contributed by atoms with Crippen molar-refractivity contribution in [1.29, 1.82) is 0 Å². The van der Waals surface area contributed by atoms with Crippen molar-refractivity contribution < 1.29 is 8.42 Å². The fraction of sp³-hybridized carbons (Fsp3) is 0.250. The van der Waals surface area contributed by atoms with Crippen LogP contribution in [-0.4, -0.2) is 36.7 Å². The largest absolute Gasteiger partial charge is 0.324 e. The predicted octanol–water partition coefficient (Wildman–Crippen LogP) is 4.22. The second kappa shape index (κ2) is 9.41. The lowest BCUT2D eigenvalue weighted by atomic mass is 10.1. The summed E-state index contributed by atoms with van der Waals surface area (Å²) in [7, 11) is -3.30. The summed E-state index contributed by atoms with van der Waals surface area (Å²) >= 11 is 0. The third kappa shape index (κ3) is 5.37. The fourth-order valence-electron chi connectivity index (χ4n) is 3.61. The minimum atomic E-state index is -3.30. The summed E-state index contributed by atoms with van der Waals surface area (Å²) in [5.74, 6) is 0.460. The monoisotopic (exact) mass is 434 g/mol. The number of aromatic nitrogens is 2. The highest BCUT2D eigenvalue weighted by atomic mass is 32.2. The van der Waals surface area contributed by atoms with Crippen molar-refractivity contribution in [3.8, 4) is 0 Å². The number of hydrogen-bond donors (Lipinski definition) is 2. The number of rotatable bonds is 6. The topological polar surface area (TPSA) is 84.0 Å². The normalized spacial score (nSPS) is 15.3. The van der Waals surface area contributed by atoms with Gasteiger partial charge in [-0.1, -0.05) is 42.0 Å². The van der Waals surface area contributed by atoms with Crippen molar-refractivity contribution in [2.24, 2.45) is 0 Å². The number of sulfone groups is 1. The molecule has 6 nitrogen and oxygen atoms in total. The quantitative estimate of drug-likeness (QED) is 0.604. The van der Waals surface area contributed by atoms with Gasteiger partial charge in [0.25, 0.3) is 0 Å². The molecule has 0 spiro atoms. The van der Waals surface area contributed by atoms with E-state index in [4.69, 9.17) is 0 Å². The van der Waals surface area contributed by atoms with E-state index in [2.05, 4.69) is 45.7 Å². The second-order valence-electron chi connectivity index (χ2n) is 7.73. The third-order valence-corrected chi connectivity index (χ3v) is 7.62. The third-order valence-electron chi connectivity index (χ3n) is 5.35. The van der Waals surface area contributed by atoms with E-state index in [1.54, 1.807) is 36.7 Å². The number of benzene rings is 2. The van der Waals surface area contributed by atoms with Crippen LogP contribution in [0.25, 0.3) is 12.2 Å². The van der Waals surface area contributed by atoms with E-state index < -0.39 is 9.84 Å². The molecule has 0 unspecified atom stereocenters. The Morgan fingerprint density at radius 3 is 2.32 bits per heavy atom. The minimum absolute atomic E-state index is 0.309. The highest BCUT2D eigenvalue weighted by molar-refractivity contribution is 7.92. The van der Waals surface area contributed by atoms with Crippen LogP contribution < -0.4 is 10.6 Å². The van der Waals surface area contributed by atoms with Crippen molar-refractivity contribution in [2.45, 2.75) is 29.9 Å². The summed E-state index contributed by atoms with van der Waals surface area (Å²) in [6.07, 6.45) is 8.80. The van der Waals surface area contributed by atoms with Gasteiger partial charge in [0, 0.05) is 23.6 Å². The first kappa shape index (κ1) is 21.2. The highest BCUT2D eigenvalue weighted by Crippen LogP contribution is 2.24. The van der Waals surface area contributed by atoms with Crippen LogP contribution in [0.3, 0.4) is 0 Å². The molecule has 0 radical (unpaired) electrons. The van der Waals surface area contributed by atoms with Crippen LogP contribution in [0.15, 0.2) is 65.8 Å². The Bertz CT molecular complexity index is 1150. The van der Waals surface area contributed by atoms with Gasteiger partial charge in [-0.25, -0.2) is 18.4 Å². The van der Waals surface area contributed by atoms with Crippen LogP contribution in [0.1, 0.15) is 29.5 Å². The Balaban J connectivity index is 1.40. The van der Waals surface area contributed by atoms with Gasteiger partial charge in [-0.2, -0.15) is 0 Å². The summed E-state index contributed by atoms with van der Waals surface area (Å²) in [5, 5.41) is 6.01. The van der Waals surface area contributed by atoms with Gasteiger partial charge in [0.2, 0.25) is 5.95 Å². The van der Waals surface area contributed by atoms with Crippen LogP contribution in [0.4, 0.5) is 11.6 Å². The van der Waals surface area contributed by atoms with E-state index in [0.29, 0.717) is 23.7 Å². The molecule has 0 atom stereocenters. The first-order valence-electron chi connectivity index (χ1n) is 10.4. The molecule has 4 rings (SSSR count). The zero-order valence-corrected chi connectivity index (χ0v) is 18.3. The molecule has 7 heteroatoms. The first-order valence-corrected chi connectivity index (χ1v) is 11.9. The van der Waals surface area contributed by atoms with Gasteiger partial charge in [-0.3, -0.25) is 0 Å². The van der Waals surface area contributed by atoms with Gasteiger partial charge < -0.3 is 10.6 Å². The standard InChI is InChI=1S/C24H26N4O2S/c1-18-3-2-4-19(15-18)5-6-20-16-26-24(27-17-20)28-21-7-9-22(10-8-21)31(29,30)23-11-13-25-14-12-23/h2-10,15-17,23,25H,11-14H2,1H3,(H,26,27,28). The number of nitrogens with zero attached hydrogens (tertiary/aromatic N) is 2. The van der Waals surface area contributed by atoms with Crippen molar-refractivity contribution in [1.82, 2.24) is 15.3 Å². The molecule has 1 fully saturated rings. The molecule has 0 aliphatic carbocycles. The van der Waals surface area contributed by atoms with Crippen LogP contribution in [0.2, 0.25) is 0 Å². The van der Waals surface area contributed by atoms with Crippen LogP contribution in [0, 0.1) is 6.92 Å². The molecule has 3 aromatic rings. The van der Waals surface area contributed by atoms with Crippen LogP contribution >= 0.6 is 0 Å². The number of nitrogens with one attached hydrogen (secondary N) is 2. The smallest absolute Gasteiger partial charge is 0.227 e. The number of piperidine rings is 1. The summed E-state index contributed by atoms with van der Waals surface area (Å²) < 4.78 is 25.6. The summed E-state index contributed by atoms with van der Waals surface area (Å²) in [6, 6.07) is 15.1. The zero-order valence-electron chi connectivity index (χ0n) is 17.5. The second-order valence-corrected chi connectivity index (χ2v) is 9.96. The van der Waals surface area contributed by atoms with Gasteiger partial charge >= 0.3 is 0 Å². The Morgan fingerprint density at radius 2 is 1.65 bits per heavy atom. The van der Waals surface area contributed by atoms with Crippen molar-refractivity contribution in [3.05, 3.63) is 77.6 Å². The molecule has 2 aromatic carbocycles. The molecule has 0 amide bonds. The lowest BCUT2D eigenvalue weighted by Crippen LogP contribution is -2.35. The molecule has 0 bridgehead atoms. The molecule has 1 aromatic heterocycles. The summed E-state index contributed by atoms with van der Waals surface area (Å²) in [5.41, 5.74) is 3.98. The number of aryl methyl sites for hydroxylation is 1. The molecule has 0 saturated carbocycles. The fourth-order valence-corrected chi connectivity index (χ4v) is 5.37. The predicted molar refractivity (Wildman–Crippen MR) is 125 cm³/mol. The Morgan fingerprint density at radius 1 is 0.968 bits per heavy atom. The SMILES string of the molecule is Cc1cccc(C=Cc2cnc(Nc3ccc(S(=O)(=O)C4CCNCC4)cc3)nc2)c1. The highest BCUT2D eigenvalue weighted by Gasteiger charge is 2.28. The van der Waals surface area contributed by atoms with Crippen molar-refractivity contribution >= 4 is 33.6 Å². The Hall–Kier alpha value is -3.03. The molecule has 1 aliphatic heterocycles. The van der Waals surface area contributed by atoms with E-state index in [1.807, 2.05) is 18.2 Å². The minimum Gasteiger partial charge on any atom is -0.324 e.